The van der Waals surface area contributed by atoms with Gasteiger partial charge in [-0.15, -0.1) is 0 Å². The van der Waals surface area contributed by atoms with Gasteiger partial charge in [0, 0.05) is 25.5 Å². The number of aryl methyl sites for hydroxylation is 2. The Balaban J connectivity index is 0.000000512. The van der Waals surface area contributed by atoms with E-state index in [1.807, 2.05) is 26.1 Å². The first-order valence-corrected chi connectivity index (χ1v) is 11.4. The molecule has 0 amide bonds. The third-order valence-corrected chi connectivity index (χ3v) is 5.69. The van der Waals surface area contributed by atoms with Crippen molar-refractivity contribution in [2.24, 2.45) is 7.05 Å². The molecule has 31 heavy (non-hydrogen) atoms. The molecule has 0 N–H and O–H groups in total. The summed E-state index contributed by atoms with van der Waals surface area (Å²) in [6.45, 7) is 5.26. The lowest BCUT2D eigenvalue weighted by molar-refractivity contribution is -0.678. The fourth-order valence-electron chi connectivity index (χ4n) is 2.77. The standard InChI is InChI=1S/C17H23Cl2N2O2.CHF3O3S/c1-4-23-17(22)8-6-5-7-9-21-12(2)20(3)15-10-13(18)14(19)11-16(15)21;2-1(3,4)8(5,6)7/h10-11H,4-9H2,1-3H3;(H,5,6,7)/q+1;/p-1. The SMILES string of the molecule is CCOC(=O)CCCCC[n+]1c(C)n(C)c2cc(Cl)c(Cl)cc21.O=S(=O)([O-])C(F)(F)F. The summed E-state index contributed by atoms with van der Waals surface area (Å²) >= 11 is 12.3. The summed E-state index contributed by atoms with van der Waals surface area (Å²) in [5.74, 6) is 1.05. The van der Waals surface area contributed by atoms with E-state index in [2.05, 4.69) is 16.1 Å². The molecular weight excluding hydrogens is 484 g/mol. The van der Waals surface area contributed by atoms with Crippen molar-refractivity contribution < 1.29 is 40.2 Å². The number of rotatable bonds is 7. The highest BCUT2D eigenvalue weighted by molar-refractivity contribution is 7.86. The van der Waals surface area contributed by atoms with Gasteiger partial charge in [-0.05, 0) is 26.2 Å². The van der Waals surface area contributed by atoms with Gasteiger partial charge in [-0.1, -0.05) is 23.2 Å². The van der Waals surface area contributed by atoms with Gasteiger partial charge in [-0.2, -0.15) is 13.2 Å². The number of aromatic nitrogens is 2. The van der Waals surface area contributed by atoms with Gasteiger partial charge < -0.3 is 9.29 Å². The number of fused-ring (bicyclic) bond motifs is 1. The summed E-state index contributed by atoms with van der Waals surface area (Å²) in [6.07, 6.45) is 3.34. The number of halogens is 5. The van der Waals surface area contributed by atoms with E-state index in [9.17, 15) is 18.0 Å². The molecule has 13 heteroatoms. The van der Waals surface area contributed by atoms with Crippen LogP contribution in [0.3, 0.4) is 0 Å². The molecule has 0 saturated heterocycles. The highest BCUT2D eigenvalue weighted by Crippen LogP contribution is 2.27. The minimum absolute atomic E-state index is 0.108. The van der Waals surface area contributed by atoms with E-state index in [0.29, 0.717) is 23.1 Å². The Bertz CT molecular complexity index is 1020. The smallest absolute Gasteiger partial charge is 0.485 e. The number of benzene rings is 1. The van der Waals surface area contributed by atoms with Gasteiger partial charge in [0.2, 0.25) is 0 Å². The third-order valence-electron chi connectivity index (χ3n) is 4.40. The van der Waals surface area contributed by atoms with Crippen LogP contribution in [0.4, 0.5) is 13.2 Å². The normalized spacial score (nSPS) is 11.9. The summed E-state index contributed by atoms with van der Waals surface area (Å²) in [7, 11) is -4.06. The molecule has 176 valence electrons. The average Bonchev–Trinajstić information content (AvgIpc) is 2.85. The molecule has 0 radical (unpaired) electrons. The maximum absolute atomic E-state index is 11.3. The molecule has 7 nitrogen and oxygen atoms in total. The van der Waals surface area contributed by atoms with Gasteiger partial charge in [0.1, 0.15) is 0 Å². The van der Waals surface area contributed by atoms with E-state index >= 15 is 0 Å². The number of nitrogens with zero attached hydrogens (tertiary/aromatic N) is 2. The van der Waals surface area contributed by atoms with Crippen LogP contribution in [-0.2, 0) is 33.2 Å². The van der Waals surface area contributed by atoms with Crippen molar-refractivity contribution in [1.29, 1.82) is 0 Å². The van der Waals surface area contributed by atoms with E-state index in [1.54, 1.807) is 0 Å². The number of hydrogen-bond acceptors (Lipinski definition) is 5. The van der Waals surface area contributed by atoms with Crippen LogP contribution in [0, 0.1) is 6.92 Å². The number of alkyl halides is 3. The number of imidazole rings is 1. The van der Waals surface area contributed by atoms with Crippen molar-refractivity contribution in [3.05, 3.63) is 28.0 Å². The van der Waals surface area contributed by atoms with E-state index in [4.69, 9.17) is 40.9 Å². The van der Waals surface area contributed by atoms with Crippen LogP contribution >= 0.6 is 23.2 Å². The molecular formula is C18H23Cl2F3N2O5S. The first-order valence-electron chi connectivity index (χ1n) is 9.22. The van der Waals surface area contributed by atoms with Crippen molar-refractivity contribution in [2.45, 2.75) is 51.6 Å². The lowest BCUT2D eigenvalue weighted by Crippen LogP contribution is -2.36. The van der Waals surface area contributed by atoms with Gasteiger partial charge in [0.15, 0.2) is 21.2 Å². The van der Waals surface area contributed by atoms with Crippen LogP contribution in [-0.4, -0.2) is 35.6 Å². The van der Waals surface area contributed by atoms with Crippen molar-refractivity contribution >= 4 is 50.3 Å². The zero-order valence-corrected chi connectivity index (χ0v) is 19.5. The Hall–Kier alpha value is -1.56. The molecule has 0 unspecified atom stereocenters. The quantitative estimate of drug-likeness (QED) is 0.184. The summed E-state index contributed by atoms with van der Waals surface area (Å²) in [4.78, 5) is 11.3. The maximum Gasteiger partial charge on any atom is 0.485 e. The first kappa shape index (κ1) is 27.5. The Labute approximate surface area is 188 Å². The second kappa shape index (κ2) is 11.3. The zero-order chi connectivity index (χ0) is 24.0. The Morgan fingerprint density at radius 3 is 2.26 bits per heavy atom. The average molecular weight is 507 g/mol. The van der Waals surface area contributed by atoms with Gasteiger partial charge in [-0.25, -0.2) is 17.6 Å². The van der Waals surface area contributed by atoms with E-state index in [-0.39, 0.29) is 5.97 Å². The van der Waals surface area contributed by atoms with Crippen molar-refractivity contribution in [3.8, 4) is 0 Å². The Morgan fingerprint density at radius 1 is 1.19 bits per heavy atom. The zero-order valence-electron chi connectivity index (χ0n) is 17.1. The Morgan fingerprint density at radius 2 is 1.74 bits per heavy atom. The molecule has 0 aliphatic heterocycles. The van der Waals surface area contributed by atoms with Crippen LogP contribution in [0.2, 0.25) is 10.0 Å². The number of ether oxygens (including phenoxy) is 1. The van der Waals surface area contributed by atoms with E-state index in [1.165, 1.54) is 0 Å². The molecule has 1 heterocycles. The summed E-state index contributed by atoms with van der Waals surface area (Å²) < 4.78 is 68.2. The predicted molar refractivity (Wildman–Crippen MR) is 109 cm³/mol. The molecule has 0 aliphatic rings. The van der Waals surface area contributed by atoms with Crippen LogP contribution in [0.1, 0.15) is 38.4 Å². The third kappa shape index (κ3) is 7.81. The summed E-state index contributed by atoms with van der Waals surface area (Å²) in [5, 5.41) is 1.14. The van der Waals surface area contributed by atoms with Crippen LogP contribution < -0.4 is 4.57 Å². The van der Waals surface area contributed by atoms with Crippen LogP contribution in [0.5, 0.6) is 0 Å². The second-order valence-corrected chi connectivity index (χ2v) is 8.71. The molecule has 0 saturated carbocycles. The largest absolute Gasteiger partial charge is 0.741 e. The lowest BCUT2D eigenvalue weighted by Gasteiger charge is -2.08. The van der Waals surface area contributed by atoms with Crippen LogP contribution in [0.15, 0.2) is 12.1 Å². The minimum atomic E-state index is -6.09. The molecule has 0 atom stereocenters. The molecule has 0 spiro atoms. The fraction of sp³-hybridized carbons (Fsp3) is 0.556. The van der Waals surface area contributed by atoms with Crippen molar-refractivity contribution in [2.75, 3.05) is 6.61 Å². The summed E-state index contributed by atoms with van der Waals surface area (Å²) in [6, 6.07) is 3.83. The summed E-state index contributed by atoms with van der Waals surface area (Å²) in [5.41, 5.74) is -3.49. The minimum Gasteiger partial charge on any atom is -0.741 e. The highest BCUT2D eigenvalue weighted by atomic mass is 35.5. The van der Waals surface area contributed by atoms with Gasteiger partial charge in [0.05, 0.1) is 30.2 Å². The van der Waals surface area contributed by atoms with Gasteiger partial charge in [0.25, 0.3) is 5.82 Å². The first-order chi connectivity index (χ1) is 14.2. The number of carbonyl (C=O) groups is 1. The van der Waals surface area contributed by atoms with E-state index in [0.717, 1.165) is 42.7 Å². The topological polar surface area (TPSA) is 92.3 Å². The molecule has 2 rings (SSSR count). The molecule has 2 aromatic rings. The lowest BCUT2D eigenvalue weighted by atomic mass is 10.2. The molecule has 0 bridgehead atoms. The number of esters is 1. The second-order valence-electron chi connectivity index (χ2n) is 6.53. The predicted octanol–water partition coefficient (Wildman–Crippen LogP) is 4.26. The fourth-order valence-corrected chi connectivity index (χ4v) is 3.09. The monoisotopic (exact) mass is 506 g/mol. The molecule has 1 aromatic carbocycles. The maximum atomic E-state index is 11.3. The van der Waals surface area contributed by atoms with Crippen molar-refractivity contribution in [3.63, 3.8) is 0 Å². The highest BCUT2D eigenvalue weighted by Gasteiger charge is 2.36. The van der Waals surface area contributed by atoms with Crippen LogP contribution in [0.25, 0.3) is 11.0 Å². The van der Waals surface area contributed by atoms with E-state index < -0.39 is 15.6 Å². The number of hydrogen-bond donors (Lipinski definition) is 0. The Kier molecular flexibility index (Phi) is 10.1. The molecule has 0 aliphatic carbocycles. The van der Waals surface area contributed by atoms with Gasteiger partial charge in [-0.3, -0.25) is 4.79 Å². The molecule has 0 fully saturated rings. The van der Waals surface area contributed by atoms with Gasteiger partial charge >= 0.3 is 11.5 Å². The molecule has 1 aromatic heterocycles. The van der Waals surface area contributed by atoms with Crippen molar-refractivity contribution in [1.82, 2.24) is 4.57 Å². The number of carbonyl (C=O) groups excluding carboxylic acids is 1. The number of unbranched alkanes of at least 4 members (excludes halogenated alkanes) is 2.